The van der Waals surface area contributed by atoms with Crippen LogP contribution in [0.15, 0.2) is 60.9 Å². The van der Waals surface area contributed by atoms with E-state index >= 15 is 0 Å². The van der Waals surface area contributed by atoms with Crippen LogP contribution in [-0.4, -0.2) is 29.0 Å². The van der Waals surface area contributed by atoms with Gasteiger partial charge < -0.3 is 10.6 Å². The minimum atomic E-state index is -0.285. The Labute approximate surface area is 168 Å². The Balaban J connectivity index is 1.44. The van der Waals surface area contributed by atoms with Crippen molar-refractivity contribution in [2.75, 3.05) is 18.4 Å². The van der Waals surface area contributed by atoms with E-state index in [1.54, 1.807) is 18.2 Å². The minimum Gasteiger partial charge on any atom is -0.368 e. The molecule has 144 valence electrons. The summed E-state index contributed by atoms with van der Waals surface area (Å²) in [7, 11) is 0. The lowest BCUT2D eigenvalue weighted by Gasteiger charge is -2.08. The molecule has 0 spiro atoms. The molecular weight excluding hydrogens is 379 g/mol. The fourth-order valence-electron chi connectivity index (χ4n) is 2.67. The van der Waals surface area contributed by atoms with Crippen LogP contribution in [0.1, 0.15) is 21.6 Å². The number of benzene rings is 2. The van der Waals surface area contributed by atoms with Gasteiger partial charge in [-0.3, -0.25) is 4.79 Å². The van der Waals surface area contributed by atoms with Crippen molar-refractivity contribution in [2.24, 2.45) is 0 Å². The molecule has 3 aromatic rings. The van der Waals surface area contributed by atoms with Crippen LogP contribution in [0.2, 0.25) is 5.02 Å². The molecule has 28 heavy (non-hydrogen) atoms. The first-order valence-corrected chi connectivity index (χ1v) is 9.31. The summed E-state index contributed by atoms with van der Waals surface area (Å²) < 4.78 is 13.6. The average molecular weight is 399 g/mol. The first kappa shape index (κ1) is 19.8. The molecule has 2 aromatic carbocycles. The highest BCUT2D eigenvalue weighted by molar-refractivity contribution is 6.30. The Morgan fingerprint density at radius 1 is 1.00 bits per heavy atom. The largest absolute Gasteiger partial charge is 0.368 e. The van der Waals surface area contributed by atoms with Crippen molar-refractivity contribution >= 4 is 23.3 Å². The molecule has 7 heteroatoms. The highest BCUT2D eigenvalue weighted by Crippen LogP contribution is 2.11. The van der Waals surface area contributed by atoms with Crippen molar-refractivity contribution in [1.29, 1.82) is 0 Å². The summed E-state index contributed by atoms with van der Waals surface area (Å²) in [5.41, 5.74) is 1.93. The van der Waals surface area contributed by atoms with Gasteiger partial charge in [-0.15, -0.1) is 0 Å². The van der Waals surface area contributed by atoms with Crippen LogP contribution < -0.4 is 10.6 Å². The predicted octanol–water partition coefficient (Wildman–Crippen LogP) is 3.90. The molecule has 0 atom stereocenters. The number of amides is 1. The van der Waals surface area contributed by atoms with E-state index in [0.717, 1.165) is 5.56 Å². The Morgan fingerprint density at radius 3 is 2.61 bits per heavy atom. The fraction of sp³-hybridized carbons (Fsp3) is 0.190. The van der Waals surface area contributed by atoms with Gasteiger partial charge in [-0.1, -0.05) is 41.9 Å². The minimum absolute atomic E-state index is 0.222. The van der Waals surface area contributed by atoms with Crippen LogP contribution >= 0.6 is 11.6 Å². The third-order valence-electron chi connectivity index (χ3n) is 4.13. The number of nitrogens with zero attached hydrogens (tertiary/aromatic N) is 2. The van der Waals surface area contributed by atoms with Crippen molar-refractivity contribution in [3.63, 3.8) is 0 Å². The molecule has 0 aliphatic rings. The molecule has 0 fully saturated rings. The van der Waals surface area contributed by atoms with Crippen molar-refractivity contribution in [2.45, 2.75) is 12.8 Å². The summed E-state index contributed by atoms with van der Waals surface area (Å²) in [4.78, 5) is 20.5. The number of aromatic nitrogens is 2. The third-order valence-corrected chi connectivity index (χ3v) is 4.37. The van der Waals surface area contributed by atoms with Crippen LogP contribution in [0, 0.1) is 5.82 Å². The van der Waals surface area contributed by atoms with E-state index in [9.17, 15) is 9.18 Å². The first-order valence-electron chi connectivity index (χ1n) is 8.94. The van der Waals surface area contributed by atoms with Gasteiger partial charge in [-0.25, -0.2) is 14.4 Å². The predicted molar refractivity (Wildman–Crippen MR) is 108 cm³/mol. The Kier molecular flexibility index (Phi) is 6.92. The molecule has 0 saturated heterocycles. The number of hydrogen-bond acceptors (Lipinski definition) is 4. The number of anilines is 1. The number of carbonyl (C=O) groups excluding carboxylic acids is 1. The molecule has 0 bridgehead atoms. The molecular formula is C21H20ClFN4O. The molecule has 0 unspecified atom stereocenters. The van der Waals surface area contributed by atoms with Crippen LogP contribution in [-0.2, 0) is 12.8 Å². The van der Waals surface area contributed by atoms with Crippen LogP contribution in [0.4, 0.5) is 10.2 Å². The summed E-state index contributed by atoms with van der Waals surface area (Å²) in [6.07, 6.45) is 4.11. The van der Waals surface area contributed by atoms with Gasteiger partial charge in [0.05, 0.1) is 12.4 Å². The van der Waals surface area contributed by atoms with Crippen molar-refractivity contribution < 1.29 is 9.18 Å². The molecule has 0 saturated carbocycles. The van der Waals surface area contributed by atoms with E-state index < -0.39 is 0 Å². The molecule has 2 N–H and O–H groups in total. The van der Waals surface area contributed by atoms with E-state index in [0.29, 0.717) is 42.3 Å². The molecule has 1 aromatic heterocycles. The number of rotatable bonds is 8. The van der Waals surface area contributed by atoms with E-state index in [1.165, 1.54) is 18.5 Å². The number of halogens is 2. The smallest absolute Gasteiger partial charge is 0.271 e. The lowest BCUT2D eigenvalue weighted by Crippen LogP contribution is -2.26. The van der Waals surface area contributed by atoms with E-state index in [2.05, 4.69) is 20.6 Å². The van der Waals surface area contributed by atoms with Gasteiger partial charge in [0.15, 0.2) is 0 Å². The number of carbonyl (C=O) groups is 1. The van der Waals surface area contributed by atoms with Gasteiger partial charge in [-0.05, 0) is 42.2 Å². The normalized spacial score (nSPS) is 10.5. The summed E-state index contributed by atoms with van der Waals surface area (Å²) in [5, 5.41) is 6.56. The zero-order valence-corrected chi connectivity index (χ0v) is 15.9. The maximum atomic E-state index is 13.6. The first-order chi connectivity index (χ1) is 13.6. The van der Waals surface area contributed by atoms with Crippen LogP contribution in [0.5, 0.6) is 0 Å². The van der Waals surface area contributed by atoms with Gasteiger partial charge in [0, 0.05) is 18.1 Å². The number of hydrogen-bond donors (Lipinski definition) is 2. The fourth-order valence-corrected chi connectivity index (χ4v) is 2.88. The highest BCUT2D eigenvalue weighted by atomic mass is 35.5. The van der Waals surface area contributed by atoms with Gasteiger partial charge in [0.25, 0.3) is 5.91 Å². The van der Waals surface area contributed by atoms with E-state index in [4.69, 9.17) is 11.6 Å². The van der Waals surface area contributed by atoms with Crippen molar-refractivity contribution in [3.8, 4) is 0 Å². The second kappa shape index (κ2) is 9.80. The summed E-state index contributed by atoms with van der Waals surface area (Å²) in [6, 6.07) is 14.2. The average Bonchev–Trinajstić information content (AvgIpc) is 2.70. The maximum absolute atomic E-state index is 13.6. The van der Waals surface area contributed by atoms with Crippen LogP contribution in [0.3, 0.4) is 0 Å². The van der Waals surface area contributed by atoms with Crippen molar-refractivity contribution in [3.05, 3.63) is 88.6 Å². The van der Waals surface area contributed by atoms with Gasteiger partial charge in [-0.2, -0.15) is 0 Å². The summed E-state index contributed by atoms with van der Waals surface area (Å²) in [5.74, 6) is 0.0272. The van der Waals surface area contributed by atoms with Gasteiger partial charge in [0.1, 0.15) is 17.3 Å². The molecule has 5 nitrogen and oxygen atoms in total. The topological polar surface area (TPSA) is 66.9 Å². The zero-order chi connectivity index (χ0) is 19.8. The van der Waals surface area contributed by atoms with Crippen LogP contribution in [0.25, 0.3) is 0 Å². The monoisotopic (exact) mass is 398 g/mol. The second-order valence-electron chi connectivity index (χ2n) is 6.19. The van der Waals surface area contributed by atoms with Crippen molar-refractivity contribution in [1.82, 2.24) is 15.3 Å². The maximum Gasteiger partial charge on any atom is 0.271 e. The third kappa shape index (κ3) is 5.76. The molecule has 1 amide bonds. The molecule has 0 aliphatic heterocycles. The Hall–Kier alpha value is -2.99. The van der Waals surface area contributed by atoms with E-state index in [-0.39, 0.29) is 17.4 Å². The lowest BCUT2D eigenvalue weighted by molar-refractivity contribution is 0.0949. The molecule has 0 radical (unpaired) electrons. The summed E-state index contributed by atoms with van der Waals surface area (Å²) in [6.45, 7) is 0.990. The quantitative estimate of drug-likeness (QED) is 0.604. The molecule has 3 rings (SSSR count). The molecule has 0 aliphatic carbocycles. The van der Waals surface area contributed by atoms with E-state index in [1.807, 2.05) is 24.3 Å². The highest BCUT2D eigenvalue weighted by Gasteiger charge is 2.08. The van der Waals surface area contributed by atoms with Gasteiger partial charge >= 0.3 is 0 Å². The number of nitrogens with one attached hydrogen (secondary N) is 2. The SMILES string of the molecule is O=C(NCCc1cccc(Cl)c1)c1cnc(NCCc2ccccc2F)cn1. The standard InChI is InChI=1S/C21H20ClFN4O/c22-17-6-3-4-15(12-17)8-10-25-21(28)19-13-27-20(14-26-19)24-11-9-16-5-1-2-7-18(16)23/h1-7,12-14H,8-11H2,(H,24,27)(H,25,28). The molecule has 1 heterocycles. The zero-order valence-electron chi connectivity index (χ0n) is 15.2. The van der Waals surface area contributed by atoms with Gasteiger partial charge in [0.2, 0.25) is 0 Å². The second-order valence-corrected chi connectivity index (χ2v) is 6.63. The summed E-state index contributed by atoms with van der Waals surface area (Å²) >= 11 is 5.95. The Bertz CT molecular complexity index is 934. The lowest BCUT2D eigenvalue weighted by atomic mass is 10.1. The Morgan fingerprint density at radius 2 is 1.86 bits per heavy atom.